The molecule has 2 aromatic carbocycles. The van der Waals surface area contributed by atoms with E-state index in [1.807, 2.05) is 42.7 Å². The molecule has 1 heterocycles. The molecule has 0 aliphatic rings. The van der Waals surface area contributed by atoms with Crippen molar-refractivity contribution in [3.8, 4) is 34.0 Å². The summed E-state index contributed by atoms with van der Waals surface area (Å²) in [5.74, 6) is 1.69. The van der Waals surface area contributed by atoms with Crippen molar-refractivity contribution in [3.63, 3.8) is 0 Å². The second-order valence-electron chi connectivity index (χ2n) is 5.90. The Hall–Kier alpha value is -2.75. The molecule has 4 heteroatoms. The second kappa shape index (κ2) is 6.79. The van der Waals surface area contributed by atoms with Crippen molar-refractivity contribution in [2.75, 3.05) is 14.2 Å². The topological polar surface area (TPSA) is 36.3 Å². The average Bonchev–Trinajstić information content (AvgIpc) is 3.07. The van der Waals surface area contributed by atoms with Gasteiger partial charge in [0.25, 0.3) is 0 Å². The number of ether oxygens (including phenoxy) is 2. The number of methoxy groups -OCH3 is 2. The van der Waals surface area contributed by atoms with Crippen molar-refractivity contribution < 1.29 is 9.47 Å². The van der Waals surface area contributed by atoms with Gasteiger partial charge in [-0.3, -0.25) is 0 Å². The summed E-state index contributed by atoms with van der Waals surface area (Å²) in [6, 6.07) is 16.4. The Morgan fingerprint density at radius 1 is 0.792 bits per heavy atom. The Labute approximate surface area is 142 Å². The molecule has 3 aromatic rings. The highest BCUT2D eigenvalue weighted by Crippen LogP contribution is 2.34. The van der Waals surface area contributed by atoms with Crippen LogP contribution in [0.25, 0.3) is 22.5 Å². The van der Waals surface area contributed by atoms with Crippen LogP contribution < -0.4 is 9.47 Å². The van der Waals surface area contributed by atoms with Gasteiger partial charge < -0.3 is 14.0 Å². The van der Waals surface area contributed by atoms with Gasteiger partial charge in [-0.2, -0.15) is 0 Å². The third kappa shape index (κ3) is 3.00. The lowest BCUT2D eigenvalue weighted by Crippen LogP contribution is -2.01. The predicted octanol–water partition coefficient (Wildman–Crippen LogP) is 4.82. The molecule has 0 saturated carbocycles. The van der Waals surface area contributed by atoms with E-state index in [0.29, 0.717) is 6.04 Å². The Bertz CT molecular complexity index is 803. The summed E-state index contributed by atoms with van der Waals surface area (Å²) >= 11 is 0. The lowest BCUT2D eigenvalue weighted by Gasteiger charge is -2.14. The number of benzene rings is 2. The predicted molar refractivity (Wildman–Crippen MR) is 96.6 cm³/mol. The standard InChI is InChI=1S/C20H22N2O2/c1-14(2)22-13-21-19(15-5-9-17(23-3)10-6-15)20(22)16-7-11-18(24-4)12-8-16/h5-14H,1-4H3. The highest BCUT2D eigenvalue weighted by molar-refractivity contribution is 5.79. The molecule has 0 bridgehead atoms. The molecule has 0 fully saturated rings. The van der Waals surface area contributed by atoms with Crippen LogP contribution in [0, 0.1) is 0 Å². The molecule has 0 radical (unpaired) electrons. The van der Waals surface area contributed by atoms with Crippen LogP contribution in [-0.2, 0) is 0 Å². The van der Waals surface area contributed by atoms with Crippen LogP contribution in [0.4, 0.5) is 0 Å². The number of imidazole rings is 1. The van der Waals surface area contributed by atoms with Gasteiger partial charge in [0.05, 0.1) is 31.9 Å². The van der Waals surface area contributed by atoms with Crippen LogP contribution in [0.2, 0.25) is 0 Å². The first-order valence-corrected chi connectivity index (χ1v) is 7.99. The monoisotopic (exact) mass is 322 g/mol. The smallest absolute Gasteiger partial charge is 0.118 e. The Balaban J connectivity index is 2.12. The van der Waals surface area contributed by atoms with Gasteiger partial charge in [0.2, 0.25) is 0 Å². The summed E-state index contributed by atoms with van der Waals surface area (Å²) in [6.45, 7) is 4.32. The molecule has 0 N–H and O–H groups in total. The van der Waals surface area contributed by atoms with Gasteiger partial charge in [-0.15, -0.1) is 0 Å². The highest BCUT2D eigenvalue weighted by Gasteiger charge is 2.16. The molecule has 1 aromatic heterocycles. The maximum atomic E-state index is 5.27. The second-order valence-corrected chi connectivity index (χ2v) is 5.90. The van der Waals surface area contributed by atoms with Gasteiger partial charge in [-0.25, -0.2) is 4.98 Å². The summed E-state index contributed by atoms with van der Waals surface area (Å²) in [5, 5.41) is 0. The van der Waals surface area contributed by atoms with E-state index in [1.165, 1.54) is 0 Å². The zero-order chi connectivity index (χ0) is 17.1. The first-order chi connectivity index (χ1) is 11.6. The normalized spacial score (nSPS) is 10.9. The summed E-state index contributed by atoms with van der Waals surface area (Å²) < 4.78 is 12.7. The maximum absolute atomic E-state index is 5.27. The van der Waals surface area contributed by atoms with Gasteiger partial charge in [0.15, 0.2) is 0 Å². The van der Waals surface area contributed by atoms with E-state index in [4.69, 9.17) is 9.47 Å². The number of hydrogen-bond donors (Lipinski definition) is 0. The van der Waals surface area contributed by atoms with Crippen LogP contribution >= 0.6 is 0 Å². The van der Waals surface area contributed by atoms with Gasteiger partial charge in [-0.1, -0.05) is 0 Å². The van der Waals surface area contributed by atoms with Gasteiger partial charge in [0.1, 0.15) is 11.5 Å². The van der Waals surface area contributed by atoms with Gasteiger partial charge in [-0.05, 0) is 62.4 Å². The number of hydrogen-bond acceptors (Lipinski definition) is 3. The SMILES string of the molecule is COc1ccc(-c2ncn(C(C)C)c2-c2ccc(OC)cc2)cc1. The molecular formula is C20H22N2O2. The van der Waals surface area contributed by atoms with E-state index in [9.17, 15) is 0 Å². The molecule has 24 heavy (non-hydrogen) atoms. The van der Waals surface area contributed by atoms with E-state index in [0.717, 1.165) is 34.0 Å². The highest BCUT2D eigenvalue weighted by atomic mass is 16.5. The number of aromatic nitrogens is 2. The van der Waals surface area contributed by atoms with Crippen molar-refractivity contribution in [2.45, 2.75) is 19.9 Å². The van der Waals surface area contributed by atoms with Crippen LogP contribution in [0.3, 0.4) is 0 Å². The molecular weight excluding hydrogens is 300 g/mol. The molecule has 4 nitrogen and oxygen atoms in total. The van der Waals surface area contributed by atoms with E-state index in [1.54, 1.807) is 14.2 Å². The Morgan fingerprint density at radius 2 is 1.29 bits per heavy atom. The Morgan fingerprint density at radius 3 is 1.75 bits per heavy atom. The van der Waals surface area contributed by atoms with Crippen molar-refractivity contribution in [2.24, 2.45) is 0 Å². The zero-order valence-electron chi connectivity index (χ0n) is 14.5. The van der Waals surface area contributed by atoms with Crippen molar-refractivity contribution in [1.29, 1.82) is 0 Å². The van der Waals surface area contributed by atoms with Crippen LogP contribution in [0.1, 0.15) is 19.9 Å². The van der Waals surface area contributed by atoms with Crippen molar-refractivity contribution in [3.05, 3.63) is 54.9 Å². The fourth-order valence-electron chi connectivity index (χ4n) is 2.75. The number of rotatable bonds is 5. The van der Waals surface area contributed by atoms with E-state index in [-0.39, 0.29) is 0 Å². The summed E-state index contributed by atoms with van der Waals surface area (Å²) in [4.78, 5) is 4.67. The van der Waals surface area contributed by atoms with Crippen molar-refractivity contribution in [1.82, 2.24) is 9.55 Å². The number of nitrogens with zero attached hydrogens (tertiary/aromatic N) is 2. The van der Waals surface area contributed by atoms with Crippen LogP contribution in [0.5, 0.6) is 11.5 Å². The minimum Gasteiger partial charge on any atom is -0.497 e. The third-order valence-electron chi connectivity index (χ3n) is 4.08. The summed E-state index contributed by atoms with van der Waals surface area (Å²) in [7, 11) is 3.35. The van der Waals surface area contributed by atoms with Crippen molar-refractivity contribution >= 4 is 0 Å². The molecule has 0 aliphatic carbocycles. The molecule has 0 atom stereocenters. The fraction of sp³-hybridized carbons (Fsp3) is 0.250. The molecule has 0 spiro atoms. The first-order valence-electron chi connectivity index (χ1n) is 7.99. The largest absolute Gasteiger partial charge is 0.497 e. The molecule has 0 aliphatic heterocycles. The Kier molecular flexibility index (Phi) is 4.56. The van der Waals surface area contributed by atoms with Crippen LogP contribution in [-0.4, -0.2) is 23.8 Å². The van der Waals surface area contributed by atoms with E-state index < -0.39 is 0 Å². The van der Waals surface area contributed by atoms with Gasteiger partial charge in [0, 0.05) is 17.2 Å². The minimum atomic E-state index is 0.321. The summed E-state index contributed by atoms with van der Waals surface area (Å²) in [5.41, 5.74) is 4.27. The van der Waals surface area contributed by atoms with E-state index in [2.05, 4.69) is 35.5 Å². The third-order valence-corrected chi connectivity index (χ3v) is 4.08. The molecule has 0 unspecified atom stereocenters. The molecule has 3 rings (SSSR count). The zero-order valence-corrected chi connectivity index (χ0v) is 14.5. The van der Waals surface area contributed by atoms with Gasteiger partial charge >= 0.3 is 0 Å². The van der Waals surface area contributed by atoms with E-state index >= 15 is 0 Å². The molecule has 0 amide bonds. The average molecular weight is 322 g/mol. The lowest BCUT2D eigenvalue weighted by molar-refractivity contribution is 0.414. The lowest BCUT2D eigenvalue weighted by atomic mass is 10.0. The maximum Gasteiger partial charge on any atom is 0.118 e. The van der Waals surface area contributed by atoms with Crippen LogP contribution in [0.15, 0.2) is 54.9 Å². The summed E-state index contributed by atoms with van der Waals surface area (Å²) in [6.07, 6.45) is 1.91. The first kappa shape index (κ1) is 16.1. The minimum absolute atomic E-state index is 0.321. The quantitative estimate of drug-likeness (QED) is 0.676. The molecule has 124 valence electrons. The fourth-order valence-corrected chi connectivity index (χ4v) is 2.75. The molecule has 0 saturated heterocycles.